The summed E-state index contributed by atoms with van der Waals surface area (Å²) < 4.78 is 16.9. The van der Waals surface area contributed by atoms with Crippen molar-refractivity contribution >= 4 is 35.4 Å². The largest absolute Gasteiger partial charge is 0.495 e. The third kappa shape index (κ3) is 11.7. The zero-order chi connectivity index (χ0) is 34.7. The van der Waals surface area contributed by atoms with Crippen LogP contribution in [0.15, 0.2) is 60.7 Å². The molecular weight excluding hydrogens is 628 g/mol. The third-order valence-corrected chi connectivity index (χ3v) is 8.22. The molecule has 0 saturated carbocycles. The first-order valence-electron chi connectivity index (χ1n) is 15.7. The molecule has 4 N–H and O–H groups in total. The molecular formula is C35H45ClN2O9. The van der Waals surface area contributed by atoms with Gasteiger partial charge in [-0.05, 0) is 41.7 Å². The number of carboxylic acid groups (broad SMARTS) is 1. The number of carbonyl (C=O) groups excluding carboxylic acids is 3. The van der Waals surface area contributed by atoms with Crippen molar-refractivity contribution in [2.45, 2.75) is 77.4 Å². The topological polar surface area (TPSA) is 164 Å². The molecule has 0 unspecified atom stereocenters. The summed E-state index contributed by atoms with van der Waals surface area (Å²) in [5.74, 6) is -3.52. The van der Waals surface area contributed by atoms with Crippen molar-refractivity contribution in [1.29, 1.82) is 0 Å². The third-order valence-electron chi connectivity index (χ3n) is 7.92. The van der Waals surface area contributed by atoms with Crippen LogP contribution in [-0.4, -0.2) is 72.0 Å². The first-order valence-corrected chi connectivity index (χ1v) is 16.1. The standard InChI is InChI=1S/C35H45ClN2O9/c1-20(2)16-27(39)35(44)46-28(22(4)31-32(47-31)24-10-7-6-8-11-24)12-9-13-30(40)38-26(33(41)37-19-21(3)34(42)43)18-23-14-15-29(45-5)25(36)17-23/h6-11,13-15,17,20-22,26-28,31-32,39H,12,16,18-19H2,1-5H3,(H,37,41)(H,38,40)(H,42,43)/b13-9+/t21-,22+,26-,27+,28+,31-,32+/m1/s1. The van der Waals surface area contributed by atoms with E-state index in [2.05, 4.69) is 10.6 Å². The molecule has 2 aromatic rings. The van der Waals surface area contributed by atoms with E-state index in [1.807, 2.05) is 51.1 Å². The maximum atomic E-state index is 13.1. The minimum Gasteiger partial charge on any atom is -0.495 e. The number of aliphatic hydroxyl groups is 1. The number of methoxy groups -OCH3 is 1. The molecule has 12 heteroatoms. The Kier molecular flexibility index (Phi) is 14.2. The predicted molar refractivity (Wildman–Crippen MR) is 176 cm³/mol. The molecule has 1 aliphatic rings. The lowest BCUT2D eigenvalue weighted by atomic mass is 9.93. The quantitative estimate of drug-likeness (QED) is 0.103. The van der Waals surface area contributed by atoms with Crippen LogP contribution in [0.25, 0.3) is 0 Å². The van der Waals surface area contributed by atoms with E-state index in [0.717, 1.165) is 5.56 Å². The molecule has 0 bridgehead atoms. The fraction of sp³-hybridized carbons (Fsp3) is 0.486. The van der Waals surface area contributed by atoms with Crippen LogP contribution in [-0.2, 0) is 35.1 Å². The minimum absolute atomic E-state index is 0.0709. The Morgan fingerprint density at radius 2 is 1.77 bits per heavy atom. The van der Waals surface area contributed by atoms with Gasteiger partial charge in [0.15, 0.2) is 6.10 Å². The van der Waals surface area contributed by atoms with Gasteiger partial charge in [0, 0.05) is 25.3 Å². The number of amides is 2. The highest BCUT2D eigenvalue weighted by atomic mass is 35.5. The molecule has 2 amide bonds. The fourth-order valence-corrected chi connectivity index (χ4v) is 5.34. The van der Waals surface area contributed by atoms with E-state index in [1.165, 1.54) is 20.1 Å². The highest BCUT2D eigenvalue weighted by Crippen LogP contribution is 2.45. The summed E-state index contributed by atoms with van der Waals surface area (Å²) in [6, 6.07) is 13.6. The monoisotopic (exact) mass is 672 g/mol. The number of epoxide rings is 1. The summed E-state index contributed by atoms with van der Waals surface area (Å²) in [4.78, 5) is 50.2. The Morgan fingerprint density at radius 1 is 1.06 bits per heavy atom. The summed E-state index contributed by atoms with van der Waals surface area (Å²) in [6.45, 7) is 7.02. The number of carbonyl (C=O) groups is 4. The number of aliphatic hydroxyl groups excluding tert-OH is 1. The molecule has 3 rings (SSSR count). The molecule has 0 spiro atoms. The lowest BCUT2D eigenvalue weighted by molar-refractivity contribution is -0.162. The Labute approximate surface area is 280 Å². The van der Waals surface area contributed by atoms with Crippen molar-refractivity contribution in [3.05, 3.63) is 76.8 Å². The second-order valence-electron chi connectivity index (χ2n) is 12.3. The van der Waals surface area contributed by atoms with Gasteiger partial charge in [-0.1, -0.05) is 81.8 Å². The zero-order valence-electron chi connectivity index (χ0n) is 27.4. The number of benzene rings is 2. The molecule has 1 aliphatic heterocycles. The van der Waals surface area contributed by atoms with Crippen LogP contribution < -0.4 is 15.4 Å². The molecule has 0 aliphatic carbocycles. The molecule has 0 radical (unpaired) electrons. The fourth-order valence-electron chi connectivity index (χ4n) is 5.06. The molecule has 0 aromatic heterocycles. The average molecular weight is 673 g/mol. The van der Waals surface area contributed by atoms with Crippen LogP contribution in [0.1, 0.15) is 57.8 Å². The van der Waals surface area contributed by atoms with Gasteiger partial charge in [0.1, 0.15) is 24.0 Å². The SMILES string of the molecule is COc1ccc(C[C@@H](NC(=O)/C=C/C[C@H](OC(=O)[C@@H](O)CC(C)C)[C@H](C)[C@H]2O[C@H]2c2ccccc2)C(=O)NC[C@@H](C)C(=O)O)cc1Cl. The van der Waals surface area contributed by atoms with Gasteiger partial charge in [-0.25, -0.2) is 4.79 Å². The summed E-state index contributed by atoms with van der Waals surface area (Å²) in [5, 5.41) is 25.2. The van der Waals surface area contributed by atoms with Crippen molar-refractivity contribution in [1.82, 2.24) is 10.6 Å². The first-order chi connectivity index (χ1) is 22.3. The molecule has 2 aromatic carbocycles. The van der Waals surface area contributed by atoms with E-state index >= 15 is 0 Å². The summed E-state index contributed by atoms with van der Waals surface area (Å²) in [7, 11) is 1.48. The number of hydrogen-bond acceptors (Lipinski definition) is 8. The van der Waals surface area contributed by atoms with E-state index in [0.29, 0.717) is 16.3 Å². The Bertz CT molecular complexity index is 1400. The number of ether oxygens (including phenoxy) is 3. The highest BCUT2D eigenvalue weighted by Gasteiger charge is 2.47. The van der Waals surface area contributed by atoms with Crippen LogP contribution in [0.3, 0.4) is 0 Å². The number of carboxylic acids is 1. The second kappa shape index (κ2) is 17.8. The number of aliphatic carboxylic acids is 1. The van der Waals surface area contributed by atoms with E-state index in [9.17, 15) is 29.4 Å². The number of rotatable bonds is 18. The van der Waals surface area contributed by atoms with Crippen LogP contribution in [0.2, 0.25) is 5.02 Å². The Morgan fingerprint density at radius 3 is 2.38 bits per heavy atom. The Hall–Kier alpha value is -3.93. The number of hydrogen-bond donors (Lipinski definition) is 4. The lowest BCUT2D eigenvalue weighted by Gasteiger charge is -2.24. The maximum Gasteiger partial charge on any atom is 0.335 e. The Balaban J connectivity index is 1.72. The van der Waals surface area contributed by atoms with Crippen LogP contribution in [0.4, 0.5) is 0 Å². The van der Waals surface area contributed by atoms with Crippen LogP contribution in [0.5, 0.6) is 5.75 Å². The molecule has 7 atom stereocenters. The summed E-state index contributed by atoms with van der Waals surface area (Å²) >= 11 is 6.26. The first kappa shape index (κ1) is 37.5. The highest BCUT2D eigenvalue weighted by molar-refractivity contribution is 6.32. The van der Waals surface area contributed by atoms with Gasteiger partial charge in [0.25, 0.3) is 0 Å². The van der Waals surface area contributed by atoms with Gasteiger partial charge >= 0.3 is 11.9 Å². The summed E-state index contributed by atoms with van der Waals surface area (Å²) in [6.07, 6.45) is 0.900. The van der Waals surface area contributed by atoms with Crippen LogP contribution in [0, 0.1) is 17.8 Å². The molecule has 1 saturated heterocycles. The smallest absolute Gasteiger partial charge is 0.335 e. The lowest BCUT2D eigenvalue weighted by Crippen LogP contribution is -2.48. The molecule has 1 heterocycles. The normalized spacial score (nSPS) is 18.9. The van der Waals surface area contributed by atoms with Gasteiger partial charge in [-0.3, -0.25) is 14.4 Å². The number of esters is 1. The molecule has 47 heavy (non-hydrogen) atoms. The van der Waals surface area contributed by atoms with Gasteiger partial charge < -0.3 is 35.1 Å². The van der Waals surface area contributed by atoms with E-state index < -0.39 is 47.9 Å². The van der Waals surface area contributed by atoms with Crippen LogP contribution >= 0.6 is 11.6 Å². The van der Waals surface area contributed by atoms with Crippen molar-refractivity contribution in [2.24, 2.45) is 17.8 Å². The van der Waals surface area contributed by atoms with Gasteiger partial charge in [0.2, 0.25) is 11.8 Å². The van der Waals surface area contributed by atoms with E-state index in [1.54, 1.807) is 24.3 Å². The summed E-state index contributed by atoms with van der Waals surface area (Å²) in [5.41, 5.74) is 1.65. The molecule has 256 valence electrons. The number of halogens is 1. The van der Waals surface area contributed by atoms with E-state index in [4.69, 9.17) is 25.8 Å². The molecule has 1 fully saturated rings. The van der Waals surface area contributed by atoms with Crippen molar-refractivity contribution < 1.29 is 43.6 Å². The van der Waals surface area contributed by atoms with Gasteiger partial charge in [-0.15, -0.1) is 0 Å². The maximum absolute atomic E-state index is 13.1. The number of nitrogens with one attached hydrogen (secondary N) is 2. The van der Waals surface area contributed by atoms with Gasteiger partial charge in [0.05, 0.1) is 24.2 Å². The average Bonchev–Trinajstić information content (AvgIpc) is 3.83. The zero-order valence-corrected chi connectivity index (χ0v) is 28.1. The van der Waals surface area contributed by atoms with Crippen molar-refractivity contribution in [2.75, 3.05) is 13.7 Å². The van der Waals surface area contributed by atoms with Gasteiger partial charge in [-0.2, -0.15) is 0 Å². The van der Waals surface area contributed by atoms with Crippen molar-refractivity contribution in [3.63, 3.8) is 0 Å². The minimum atomic E-state index is -1.28. The van der Waals surface area contributed by atoms with E-state index in [-0.39, 0.29) is 49.9 Å². The molecule has 11 nitrogen and oxygen atoms in total. The second-order valence-corrected chi connectivity index (χ2v) is 12.7. The van der Waals surface area contributed by atoms with Crippen molar-refractivity contribution in [3.8, 4) is 5.75 Å². The predicted octanol–water partition coefficient (Wildman–Crippen LogP) is 4.25.